The number of nitrogens with one attached hydrogen (secondary N) is 1. The van der Waals surface area contributed by atoms with Crippen LogP contribution < -0.4 is 10.9 Å². The van der Waals surface area contributed by atoms with E-state index in [9.17, 15) is 19.7 Å². The molecule has 2 rings (SSSR count). The predicted molar refractivity (Wildman–Crippen MR) is 79.9 cm³/mol. The Morgan fingerprint density at radius 2 is 2.05 bits per heavy atom. The van der Waals surface area contributed by atoms with Gasteiger partial charge in [-0.05, 0) is 26.0 Å². The molecule has 0 aliphatic carbocycles. The molecule has 0 aliphatic rings. The molecule has 0 atom stereocenters. The number of amides is 1. The largest absolute Gasteiger partial charge is 0.320 e. The van der Waals surface area contributed by atoms with Crippen LogP contribution in [0.3, 0.4) is 0 Å². The topological polar surface area (TPSA) is 107 Å². The molecule has 0 saturated heterocycles. The van der Waals surface area contributed by atoms with Gasteiger partial charge in [0, 0.05) is 23.9 Å². The summed E-state index contributed by atoms with van der Waals surface area (Å²) in [7, 11) is 0. The van der Waals surface area contributed by atoms with Crippen molar-refractivity contribution in [2.24, 2.45) is 0 Å². The summed E-state index contributed by atoms with van der Waals surface area (Å²) >= 11 is 0. The van der Waals surface area contributed by atoms with Gasteiger partial charge in [0.15, 0.2) is 0 Å². The SMILES string of the molecule is CC(C)n1nc(C(=O)Nc2cccc([N+](=O)[O-])c2)ccc1=O. The zero-order valence-corrected chi connectivity index (χ0v) is 12.0. The molecule has 1 aromatic heterocycles. The number of nitro benzene ring substituents is 1. The first-order valence-corrected chi connectivity index (χ1v) is 6.54. The first-order chi connectivity index (χ1) is 10.4. The maximum absolute atomic E-state index is 12.1. The van der Waals surface area contributed by atoms with E-state index in [0.29, 0.717) is 0 Å². The van der Waals surface area contributed by atoms with Crippen LogP contribution in [0.1, 0.15) is 30.4 Å². The molecule has 22 heavy (non-hydrogen) atoms. The van der Waals surface area contributed by atoms with E-state index in [1.807, 2.05) is 0 Å². The molecule has 1 amide bonds. The Morgan fingerprint density at radius 1 is 1.32 bits per heavy atom. The molecule has 0 saturated carbocycles. The van der Waals surface area contributed by atoms with Crippen LogP contribution in [0.4, 0.5) is 11.4 Å². The Labute approximate surface area is 125 Å². The smallest absolute Gasteiger partial charge is 0.276 e. The highest BCUT2D eigenvalue weighted by atomic mass is 16.6. The first kappa shape index (κ1) is 15.4. The van der Waals surface area contributed by atoms with Crippen LogP contribution in [0.5, 0.6) is 0 Å². The van der Waals surface area contributed by atoms with Gasteiger partial charge in [-0.2, -0.15) is 5.10 Å². The van der Waals surface area contributed by atoms with Crippen molar-refractivity contribution in [2.75, 3.05) is 5.32 Å². The maximum Gasteiger partial charge on any atom is 0.276 e. The average molecular weight is 302 g/mol. The van der Waals surface area contributed by atoms with Gasteiger partial charge in [-0.25, -0.2) is 4.68 Å². The number of aromatic nitrogens is 2. The van der Waals surface area contributed by atoms with Gasteiger partial charge in [-0.15, -0.1) is 0 Å². The number of anilines is 1. The van der Waals surface area contributed by atoms with Crippen molar-refractivity contribution in [1.29, 1.82) is 0 Å². The number of rotatable bonds is 4. The van der Waals surface area contributed by atoms with E-state index in [2.05, 4.69) is 10.4 Å². The van der Waals surface area contributed by atoms with Crippen LogP contribution in [0.25, 0.3) is 0 Å². The Kier molecular flexibility index (Phi) is 4.31. The number of nitro groups is 1. The molecule has 0 bridgehead atoms. The first-order valence-electron chi connectivity index (χ1n) is 6.54. The highest BCUT2D eigenvalue weighted by Gasteiger charge is 2.13. The Hall–Kier alpha value is -3.03. The summed E-state index contributed by atoms with van der Waals surface area (Å²) in [4.78, 5) is 33.9. The maximum atomic E-state index is 12.1. The third-order valence-corrected chi connectivity index (χ3v) is 2.86. The van der Waals surface area contributed by atoms with E-state index in [1.54, 1.807) is 13.8 Å². The van der Waals surface area contributed by atoms with E-state index in [0.717, 1.165) is 0 Å². The van der Waals surface area contributed by atoms with E-state index in [1.165, 1.54) is 41.1 Å². The molecule has 1 heterocycles. The zero-order valence-electron chi connectivity index (χ0n) is 12.0. The van der Waals surface area contributed by atoms with Gasteiger partial charge in [0.25, 0.3) is 17.2 Å². The van der Waals surface area contributed by atoms with Gasteiger partial charge >= 0.3 is 0 Å². The molecular formula is C14H14N4O4. The number of benzene rings is 1. The number of hydrogen-bond donors (Lipinski definition) is 1. The predicted octanol–water partition coefficient (Wildman–Crippen LogP) is 1.98. The zero-order chi connectivity index (χ0) is 16.3. The second kappa shape index (κ2) is 6.17. The van der Waals surface area contributed by atoms with Crippen LogP contribution in [0.15, 0.2) is 41.2 Å². The van der Waals surface area contributed by atoms with Crippen molar-refractivity contribution < 1.29 is 9.72 Å². The Morgan fingerprint density at radius 3 is 2.68 bits per heavy atom. The number of non-ortho nitro benzene ring substituents is 1. The second-order valence-corrected chi connectivity index (χ2v) is 4.86. The fraction of sp³-hybridized carbons (Fsp3) is 0.214. The number of nitrogens with zero attached hydrogens (tertiary/aromatic N) is 3. The summed E-state index contributed by atoms with van der Waals surface area (Å²) in [5, 5.41) is 17.2. The van der Waals surface area contributed by atoms with Gasteiger partial charge in [-0.1, -0.05) is 6.07 Å². The molecule has 1 aromatic carbocycles. The average Bonchev–Trinajstić information content (AvgIpc) is 2.47. The minimum Gasteiger partial charge on any atom is -0.320 e. The summed E-state index contributed by atoms with van der Waals surface area (Å²) in [5.41, 5.74) is -0.0945. The molecule has 0 radical (unpaired) electrons. The van der Waals surface area contributed by atoms with Crippen LogP contribution in [0, 0.1) is 10.1 Å². The third kappa shape index (κ3) is 3.35. The van der Waals surface area contributed by atoms with Gasteiger partial charge in [0.1, 0.15) is 5.69 Å². The molecular weight excluding hydrogens is 288 g/mol. The molecule has 0 spiro atoms. The molecule has 0 aliphatic heterocycles. The normalized spacial score (nSPS) is 10.5. The molecule has 8 heteroatoms. The summed E-state index contributed by atoms with van der Waals surface area (Å²) in [6.45, 7) is 3.55. The second-order valence-electron chi connectivity index (χ2n) is 4.86. The highest BCUT2D eigenvalue weighted by Crippen LogP contribution is 2.17. The molecule has 1 N–H and O–H groups in total. The number of hydrogen-bond acceptors (Lipinski definition) is 5. The molecule has 114 valence electrons. The summed E-state index contributed by atoms with van der Waals surface area (Å²) in [5.74, 6) is -0.546. The van der Waals surface area contributed by atoms with Crippen molar-refractivity contribution >= 4 is 17.3 Å². The number of carbonyl (C=O) groups is 1. The van der Waals surface area contributed by atoms with Crippen molar-refractivity contribution in [3.8, 4) is 0 Å². The van der Waals surface area contributed by atoms with Crippen LogP contribution in [-0.4, -0.2) is 20.6 Å². The van der Waals surface area contributed by atoms with Crippen molar-refractivity contribution in [3.05, 3.63) is 62.6 Å². The summed E-state index contributed by atoms with van der Waals surface area (Å²) in [6.07, 6.45) is 0. The lowest BCUT2D eigenvalue weighted by Gasteiger charge is -2.10. The van der Waals surface area contributed by atoms with Crippen molar-refractivity contribution in [2.45, 2.75) is 19.9 Å². The molecule has 2 aromatic rings. The van der Waals surface area contributed by atoms with E-state index >= 15 is 0 Å². The van der Waals surface area contributed by atoms with Crippen LogP contribution in [-0.2, 0) is 0 Å². The lowest BCUT2D eigenvalue weighted by Crippen LogP contribution is -2.27. The molecule has 0 fully saturated rings. The van der Waals surface area contributed by atoms with Gasteiger partial charge in [0.2, 0.25) is 0 Å². The Balaban J connectivity index is 2.26. The minimum atomic E-state index is -0.549. The minimum absolute atomic E-state index is 0.0554. The lowest BCUT2D eigenvalue weighted by molar-refractivity contribution is -0.384. The Bertz CT molecular complexity index is 782. The van der Waals surface area contributed by atoms with Crippen LogP contribution in [0.2, 0.25) is 0 Å². The standard InChI is InChI=1S/C14H14N4O4/c1-9(2)17-13(19)7-6-12(16-17)14(20)15-10-4-3-5-11(8-10)18(21)22/h3-9H,1-2H3,(H,15,20). The van der Waals surface area contributed by atoms with Gasteiger partial charge < -0.3 is 5.32 Å². The monoisotopic (exact) mass is 302 g/mol. The molecule has 0 unspecified atom stereocenters. The van der Waals surface area contributed by atoms with Gasteiger partial charge in [0.05, 0.1) is 11.0 Å². The molecule has 8 nitrogen and oxygen atoms in total. The van der Waals surface area contributed by atoms with Crippen LogP contribution >= 0.6 is 0 Å². The number of carbonyl (C=O) groups excluding carboxylic acids is 1. The summed E-state index contributed by atoms with van der Waals surface area (Å²) in [6, 6.07) is 7.96. The van der Waals surface area contributed by atoms with Crippen molar-refractivity contribution in [1.82, 2.24) is 9.78 Å². The third-order valence-electron chi connectivity index (χ3n) is 2.86. The van der Waals surface area contributed by atoms with E-state index in [4.69, 9.17) is 0 Å². The quantitative estimate of drug-likeness (QED) is 0.686. The van der Waals surface area contributed by atoms with Gasteiger partial charge in [-0.3, -0.25) is 19.7 Å². The van der Waals surface area contributed by atoms with E-state index in [-0.39, 0.29) is 28.7 Å². The lowest BCUT2D eigenvalue weighted by atomic mass is 10.2. The summed E-state index contributed by atoms with van der Waals surface area (Å²) < 4.78 is 1.20. The highest BCUT2D eigenvalue weighted by molar-refractivity contribution is 6.02. The fourth-order valence-electron chi connectivity index (χ4n) is 1.81. The van der Waals surface area contributed by atoms with Crippen molar-refractivity contribution in [3.63, 3.8) is 0 Å². The fourth-order valence-corrected chi connectivity index (χ4v) is 1.81. The van der Waals surface area contributed by atoms with E-state index < -0.39 is 10.8 Å².